The Kier molecular flexibility index (Phi) is 5.13. The highest BCUT2D eigenvalue weighted by Crippen LogP contribution is 2.16. The largest absolute Gasteiger partial charge is 0.368 e. The van der Waals surface area contributed by atoms with Crippen molar-refractivity contribution in [2.75, 3.05) is 45.1 Å². The SMILES string of the molecule is O=C(C1CCCO1)N1CCN(CCCS)CC1. The van der Waals surface area contributed by atoms with Gasteiger partial charge in [0.1, 0.15) is 6.10 Å². The van der Waals surface area contributed by atoms with Gasteiger partial charge in [-0.3, -0.25) is 9.69 Å². The lowest BCUT2D eigenvalue weighted by atomic mass is 10.2. The van der Waals surface area contributed by atoms with Gasteiger partial charge in [-0.2, -0.15) is 12.6 Å². The maximum atomic E-state index is 12.1. The third-order valence-corrected chi connectivity index (χ3v) is 3.84. The van der Waals surface area contributed by atoms with Crippen LogP contribution in [0.25, 0.3) is 0 Å². The average Bonchev–Trinajstić information content (AvgIpc) is 2.90. The van der Waals surface area contributed by atoms with Crippen LogP contribution in [0.3, 0.4) is 0 Å². The number of rotatable bonds is 4. The highest BCUT2D eigenvalue weighted by molar-refractivity contribution is 7.80. The first-order valence-corrected chi connectivity index (χ1v) is 7.18. The van der Waals surface area contributed by atoms with Gasteiger partial charge in [0, 0.05) is 32.8 Å². The normalized spacial score (nSPS) is 26.4. The molecule has 1 atom stereocenters. The van der Waals surface area contributed by atoms with Crippen molar-refractivity contribution in [3.63, 3.8) is 0 Å². The first-order valence-electron chi connectivity index (χ1n) is 6.55. The second-order valence-electron chi connectivity index (χ2n) is 4.75. The van der Waals surface area contributed by atoms with E-state index in [0.29, 0.717) is 0 Å². The first-order chi connectivity index (χ1) is 8.31. The summed E-state index contributed by atoms with van der Waals surface area (Å²) in [6.07, 6.45) is 2.90. The number of ether oxygens (including phenoxy) is 1. The summed E-state index contributed by atoms with van der Waals surface area (Å²) < 4.78 is 5.44. The van der Waals surface area contributed by atoms with Crippen molar-refractivity contribution in [1.82, 2.24) is 9.80 Å². The van der Waals surface area contributed by atoms with E-state index >= 15 is 0 Å². The molecular formula is C12H22N2O2S. The summed E-state index contributed by atoms with van der Waals surface area (Å²) in [6.45, 7) is 5.54. The summed E-state index contributed by atoms with van der Waals surface area (Å²) in [4.78, 5) is 16.5. The Bertz CT molecular complexity index is 249. The molecule has 17 heavy (non-hydrogen) atoms. The zero-order valence-electron chi connectivity index (χ0n) is 10.3. The Labute approximate surface area is 109 Å². The Balaban J connectivity index is 1.72. The molecule has 0 aromatic rings. The van der Waals surface area contributed by atoms with Crippen molar-refractivity contribution in [3.8, 4) is 0 Å². The quantitative estimate of drug-likeness (QED) is 0.751. The van der Waals surface area contributed by atoms with Crippen LogP contribution >= 0.6 is 12.6 Å². The zero-order chi connectivity index (χ0) is 12.1. The number of thiol groups is 1. The van der Waals surface area contributed by atoms with Crippen molar-refractivity contribution < 1.29 is 9.53 Å². The molecule has 0 radical (unpaired) electrons. The minimum Gasteiger partial charge on any atom is -0.368 e. The molecule has 0 bridgehead atoms. The number of hydrogen-bond acceptors (Lipinski definition) is 4. The van der Waals surface area contributed by atoms with Gasteiger partial charge in [0.25, 0.3) is 5.91 Å². The predicted octanol–water partition coefficient (Wildman–Crippen LogP) is 0.629. The smallest absolute Gasteiger partial charge is 0.251 e. The van der Waals surface area contributed by atoms with Gasteiger partial charge in [0.2, 0.25) is 0 Å². The standard InChI is InChI=1S/C12H22N2O2S/c15-12(11-3-1-9-16-11)14-7-5-13(6-8-14)4-2-10-17/h11,17H,1-10H2. The van der Waals surface area contributed by atoms with Crippen molar-refractivity contribution >= 4 is 18.5 Å². The zero-order valence-corrected chi connectivity index (χ0v) is 11.2. The molecule has 1 amide bonds. The minimum atomic E-state index is -0.154. The topological polar surface area (TPSA) is 32.8 Å². The fraction of sp³-hybridized carbons (Fsp3) is 0.917. The van der Waals surface area contributed by atoms with E-state index in [1.165, 1.54) is 0 Å². The molecule has 2 saturated heterocycles. The Morgan fingerprint density at radius 2 is 2.06 bits per heavy atom. The fourth-order valence-electron chi connectivity index (χ4n) is 2.46. The monoisotopic (exact) mass is 258 g/mol. The van der Waals surface area contributed by atoms with Crippen LogP contribution in [0, 0.1) is 0 Å². The lowest BCUT2D eigenvalue weighted by molar-refractivity contribution is -0.142. The summed E-state index contributed by atoms with van der Waals surface area (Å²) >= 11 is 4.22. The van der Waals surface area contributed by atoms with Crippen molar-refractivity contribution in [2.24, 2.45) is 0 Å². The maximum Gasteiger partial charge on any atom is 0.251 e. The van der Waals surface area contributed by atoms with Crippen LogP contribution in [0.4, 0.5) is 0 Å². The molecule has 0 spiro atoms. The third kappa shape index (κ3) is 3.60. The van der Waals surface area contributed by atoms with Crippen LogP contribution in [0.15, 0.2) is 0 Å². The number of nitrogens with zero attached hydrogens (tertiary/aromatic N) is 2. The van der Waals surface area contributed by atoms with E-state index in [1.807, 2.05) is 4.90 Å². The molecule has 4 nitrogen and oxygen atoms in total. The summed E-state index contributed by atoms with van der Waals surface area (Å²) in [5.74, 6) is 1.14. The number of piperazine rings is 1. The molecule has 2 aliphatic rings. The van der Waals surface area contributed by atoms with Crippen LogP contribution in [0.2, 0.25) is 0 Å². The van der Waals surface area contributed by atoms with Gasteiger partial charge in [-0.25, -0.2) is 0 Å². The maximum absolute atomic E-state index is 12.1. The molecule has 0 N–H and O–H groups in total. The van der Waals surface area contributed by atoms with Crippen LogP contribution < -0.4 is 0 Å². The van der Waals surface area contributed by atoms with Gasteiger partial charge in [-0.1, -0.05) is 0 Å². The minimum absolute atomic E-state index is 0.154. The number of carbonyl (C=O) groups is 1. The average molecular weight is 258 g/mol. The van der Waals surface area contributed by atoms with E-state index < -0.39 is 0 Å². The highest BCUT2D eigenvalue weighted by Gasteiger charge is 2.29. The van der Waals surface area contributed by atoms with E-state index in [2.05, 4.69) is 17.5 Å². The van der Waals surface area contributed by atoms with E-state index in [-0.39, 0.29) is 12.0 Å². The third-order valence-electron chi connectivity index (χ3n) is 3.52. The molecule has 2 heterocycles. The molecule has 2 rings (SSSR count). The summed E-state index contributed by atoms with van der Waals surface area (Å²) in [5, 5.41) is 0. The fourth-order valence-corrected chi connectivity index (χ4v) is 2.60. The van der Waals surface area contributed by atoms with Gasteiger partial charge >= 0.3 is 0 Å². The van der Waals surface area contributed by atoms with Crippen LogP contribution in [-0.4, -0.2) is 66.9 Å². The molecule has 2 fully saturated rings. The summed E-state index contributed by atoms with van der Waals surface area (Å²) in [6, 6.07) is 0. The van der Waals surface area contributed by atoms with Gasteiger partial charge in [0.05, 0.1) is 0 Å². The molecule has 1 unspecified atom stereocenters. The van der Waals surface area contributed by atoms with Gasteiger partial charge < -0.3 is 9.64 Å². The number of carbonyl (C=O) groups excluding carboxylic acids is 1. The van der Waals surface area contributed by atoms with Crippen LogP contribution in [0.5, 0.6) is 0 Å². The van der Waals surface area contributed by atoms with Crippen LogP contribution in [-0.2, 0) is 9.53 Å². The molecular weight excluding hydrogens is 236 g/mol. The molecule has 0 aromatic carbocycles. The van der Waals surface area contributed by atoms with E-state index in [1.54, 1.807) is 0 Å². The lowest BCUT2D eigenvalue weighted by Gasteiger charge is -2.35. The molecule has 0 saturated carbocycles. The van der Waals surface area contributed by atoms with Gasteiger partial charge in [-0.15, -0.1) is 0 Å². The Hall–Kier alpha value is -0.260. The van der Waals surface area contributed by atoms with Crippen molar-refractivity contribution in [1.29, 1.82) is 0 Å². The van der Waals surface area contributed by atoms with E-state index in [9.17, 15) is 4.79 Å². The second-order valence-corrected chi connectivity index (χ2v) is 5.19. The van der Waals surface area contributed by atoms with E-state index in [4.69, 9.17) is 4.74 Å². The first kappa shape index (κ1) is 13.2. The molecule has 0 aromatic heterocycles. The van der Waals surface area contributed by atoms with Gasteiger partial charge in [-0.05, 0) is 31.6 Å². The number of hydrogen-bond donors (Lipinski definition) is 1. The lowest BCUT2D eigenvalue weighted by Crippen LogP contribution is -2.51. The van der Waals surface area contributed by atoms with Crippen molar-refractivity contribution in [3.05, 3.63) is 0 Å². The summed E-state index contributed by atoms with van der Waals surface area (Å²) in [7, 11) is 0. The van der Waals surface area contributed by atoms with E-state index in [0.717, 1.165) is 64.3 Å². The van der Waals surface area contributed by atoms with Gasteiger partial charge in [0.15, 0.2) is 0 Å². The van der Waals surface area contributed by atoms with Crippen LogP contribution in [0.1, 0.15) is 19.3 Å². The molecule has 0 aliphatic carbocycles. The molecule has 2 aliphatic heterocycles. The predicted molar refractivity (Wildman–Crippen MR) is 70.5 cm³/mol. The number of amides is 1. The van der Waals surface area contributed by atoms with Crippen molar-refractivity contribution in [2.45, 2.75) is 25.4 Å². The molecule has 5 heteroatoms. The highest BCUT2D eigenvalue weighted by atomic mass is 32.1. The second kappa shape index (κ2) is 6.61. The Morgan fingerprint density at radius 1 is 1.29 bits per heavy atom. The summed E-state index contributed by atoms with van der Waals surface area (Å²) in [5.41, 5.74) is 0. The molecule has 98 valence electrons. The Morgan fingerprint density at radius 3 is 2.65 bits per heavy atom.